The second kappa shape index (κ2) is 6.41. The lowest BCUT2D eigenvalue weighted by molar-refractivity contribution is -0.153. The van der Waals surface area contributed by atoms with Crippen LogP contribution in [0.2, 0.25) is 0 Å². The number of rotatable bonds is 2. The van der Waals surface area contributed by atoms with Crippen molar-refractivity contribution in [2.24, 2.45) is 17.6 Å². The molecule has 4 atom stereocenters. The Morgan fingerprint density at radius 1 is 1.27 bits per heavy atom. The molecule has 1 aromatic carbocycles. The van der Waals surface area contributed by atoms with Gasteiger partial charge in [-0.05, 0) is 44.3 Å². The number of benzene rings is 1. The third-order valence-electron chi connectivity index (χ3n) is 6.18. The van der Waals surface area contributed by atoms with E-state index in [4.69, 9.17) is 14.0 Å². The third-order valence-corrected chi connectivity index (χ3v) is 6.18. The Bertz CT molecular complexity index is 1250. The number of nitrogens with two attached hydrogens (primary N) is 1. The topological polar surface area (TPSA) is 161 Å². The van der Waals surface area contributed by atoms with Gasteiger partial charge >= 0.3 is 0 Å². The number of phenols is 1. The van der Waals surface area contributed by atoms with E-state index in [1.807, 2.05) is 0 Å². The van der Waals surface area contributed by atoms with E-state index in [0.29, 0.717) is 5.56 Å². The van der Waals surface area contributed by atoms with Crippen LogP contribution in [0.4, 0.5) is 0 Å². The molecule has 0 bridgehead atoms. The maximum Gasteiger partial charge on any atom is 0.255 e. The summed E-state index contributed by atoms with van der Waals surface area (Å²) in [5.74, 6) is -9.80. The Balaban J connectivity index is 2.02. The standard InChI is InChI=1S/C21H22N2O7/c1-23(2)15-10-7-9-6-8-4-3-5-11(24)12(8)16(25)13(9)18(27)21(10,30)19(28)14(17(15)26)20(22)29/h3-5,9-10,15,24-25,28,30H,6-7H2,1-2H3,(H2,22,29)/t9?,10?,15-,21-/m0/s1/i1D3,2D3. The van der Waals surface area contributed by atoms with E-state index in [1.165, 1.54) is 12.1 Å². The van der Waals surface area contributed by atoms with Crippen LogP contribution in [0, 0.1) is 11.8 Å². The SMILES string of the molecule is [2H]C([2H])([2H])N([C@@H]1C(=O)C(C(N)=O)=C(O)[C@@]2(O)C(=O)C3=C(O)c4c(O)cccc4CC3CC12)C([2H])([2H])[2H]. The van der Waals surface area contributed by atoms with Crippen molar-refractivity contribution in [3.8, 4) is 5.75 Å². The number of ketones is 2. The number of Topliss-reactive ketones (excluding diaryl/α,β-unsaturated/α-hetero) is 2. The molecule has 0 heterocycles. The van der Waals surface area contributed by atoms with Crippen LogP contribution in [-0.4, -0.2) is 68.4 Å². The molecule has 4 rings (SSSR count). The highest BCUT2D eigenvalue weighted by Crippen LogP contribution is 2.52. The Hall–Kier alpha value is -3.17. The highest BCUT2D eigenvalue weighted by atomic mass is 16.3. The number of carbonyl (C=O) groups is 3. The zero-order chi connectivity index (χ0) is 27.1. The van der Waals surface area contributed by atoms with Gasteiger partial charge in [-0.15, -0.1) is 0 Å². The zero-order valence-corrected chi connectivity index (χ0v) is 15.4. The monoisotopic (exact) mass is 420 g/mol. The quantitative estimate of drug-likeness (QED) is 0.417. The molecule has 9 heteroatoms. The molecule has 9 nitrogen and oxygen atoms in total. The molecule has 3 aliphatic rings. The average Bonchev–Trinajstić information content (AvgIpc) is 2.71. The number of nitrogens with zero attached hydrogens (tertiary/aromatic N) is 1. The summed E-state index contributed by atoms with van der Waals surface area (Å²) >= 11 is 0. The van der Waals surface area contributed by atoms with Crippen molar-refractivity contribution in [1.29, 1.82) is 0 Å². The number of hydrogen-bond donors (Lipinski definition) is 5. The van der Waals surface area contributed by atoms with Crippen molar-refractivity contribution in [3.63, 3.8) is 0 Å². The fourth-order valence-corrected chi connectivity index (χ4v) is 4.88. The van der Waals surface area contributed by atoms with E-state index in [0.717, 1.165) is 0 Å². The van der Waals surface area contributed by atoms with Gasteiger partial charge in [0.2, 0.25) is 5.78 Å². The molecule has 0 radical (unpaired) electrons. The molecule has 0 spiro atoms. The molecule has 6 N–H and O–H groups in total. The molecule has 1 aromatic rings. The predicted molar refractivity (Wildman–Crippen MR) is 104 cm³/mol. The first-order chi connectivity index (χ1) is 16.4. The number of likely N-dealkylation sites (N-methyl/N-ethyl adjacent to an activating group) is 1. The average molecular weight is 420 g/mol. The fourth-order valence-electron chi connectivity index (χ4n) is 4.88. The summed E-state index contributed by atoms with van der Waals surface area (Å²) in [4.78, 5) is 38.9. The van der Waals surface area contributed by atoms with Gasteiger partial charge in [0.25, 0.3) is 5.91 Å². The molecular formula is C21H22N2O7. The van der Waals surface area contributed by atoms with E-state index in [2.05, 4.69) is 0 Å². The number of primary amides is 1. The van der Waals surface area contributed by atoms with Crippen LogP contribution in [-0.2, 0) is 20.8 Å². The van der Waals surface area contributed by atoms with Crippen LogP contribution in [0.5, 0.6) is 5.75 Å². The van der Waals surface area contributed by atoms with Gasteiger partial charge < -0.3 is 26.2 Å². The second-order valence-corrected chi connectivity index (χ2v) is 7.68. The minimum atomic E-state index is -3.46. The molecular weight excluding hydrogens is 392 g/mol. The lowest BCUT2D eigenvalue weighted by Crippen LogP contribution is -2.65. The Labute approximate surface area is 180 Å². The third kappa shape index (κ3) is 2.39. The summed E-state index contributed by atoms with van der Waals surface area (Å²) < 4.78 is 46.5. The first-order valence-electron chi connectivity index (χ1n) is 12.0. The molecule has 2 unspecified atom stereocenters. The molecule has 1 fully saturated rings. The van der Waals surface area contributed by atoms with E-state index in [-0.39, 0.29) is 22.6 Å². The van der Waals surface area contributed by atoms with E-state index in [9.17, 15) is 34.8 Å². The summed E-state index contributed by atoms with van der Waals surface area (Å²) in [5, 5.41) is 43.5. The van der Waals surface area contributed by atoms with Gasteiger partial charge in [-0.3, -0.25) is 19.3 Å². The van der Waals surface area contributed by atoms with Crippen LogP contribution in [0.15, 0.2) is 35.1 Å². The van der Waals surface area contributed by atoms with Crippen molar-refractivity contribution in [2.75, 3.05) is 14.0 Å². The highest BCUT2D eigenvalue weighted by Gasteiger charge is 2.64. The second-order valence-electron chi connectivity index (χ2n) is 7.68. The Kier molecular flexibility index (Phi) is 2.98. The lowest BCUT2D eigenvalue weighted by Gasteiger charge is -2.50. The van der Waals surface area contributed by atoms with Crippen LogP contribution in [0.1, 0.15) is 25.8 Å². The predicted octanol–water partition coefficient (Wildman–Crippen LogP) is -0.0360. The zero-order valence-electron chi connectivity index (χ0n) is 21.4. The number of aliphatic hydroxyl groups is 3. The van der Waals surface area contributed by atoms with Crippen LogP contribution >= 0.6 is 0 Å². The molecule has 0 aromatic heterocycles. The fraction of sp³-hybridized carbons (Fsp3) is 0.381. The van der Waals surface area contributed by atoms with E-state index in [1.54, 1.807) is 6.07 Å². The summed E-state index contributed by atoms with van der Waals surface area (Å²) in [5.41, 5.74) is 0.601. The van der Waals surface area contributed by atoms with Gasteiger partial charge in [0, 0.05) is 19.7 Å². The van der Waals surface area contributed by atoms with Gasteiger partial charge in [0.05, 0.1) is 11.6 Å². The van der Waals surface area contributed by atoms with Crippen molar-refractivity contribution in [2.45, 2.75) is 24.5 Å². The van der Waals surface area contributed by atoms with E-state index < -0.39 is 84.0 Å². The molecule has 3 aliphatic carbocycles. The van der Waals surface area contributed by atoms with Crippen LogP contribution < -0.4 is 5.73 Å². The van der Waals surface area contributed by atoms with Crippen molar-refractivity contribution in [1.82, 2.24) is 4.90 Å². The number of phenolic OH excluding ortho intramolecular Hbond substituents is 1. The van der Waals surface area contributed by atoms with Gasteiger partial charge in [-0.2, -0.15) is 0 Å². The summed E-state index contributed by atoms with van der Waals surface area (Å²) in [6, 6.07) is 2.00. The number of aromatic hydroxyl groups is 1. The minimum Gasteiger partial charge on any atom is -0.508 e. The summed E-state index contributed by atoms with van der Waals surface area (Å²) in [7, 11) is 0. The van der Waals surface area contributed by atoms with Crippen molar-refractivity contribution < 1.29 is 43.0 Å². The molecule has 30 heavy (non-hydrogen) atoms. The number of aliphatic hydroxyl groups excluding tert-OH is 2. The molecule has 0 aliphatic heterocycles. The summed E-state index contributed by atoms with van der Waals surface area (Å²) in [6.45, 7) is -6.93. The smallest absolute Gasteiger partial charge is 0.255 e. The van der Waals surface area contributed by atoms with Crippen LogP contribution in [0.25, 0.3) is 5.76 Å². The molecule has 0 saturated heterocycles. The minimum absolute atomic E-state index is 0.00293. The number of hydrogen-bond acceptors (Lipinski definition) is 8. The first-order valence-corrected chi connectivity index (χ1v) is 9.02. The molecule has 158 valence electrons. The van der Waals surface area contributed by atoms with Crippen LogP contribution in [0.3, 0.4) is 0 Å². The van der Waals surface area contributed by atoms with Gasteiger partial charge in [0.1, 0.15) is 22.8 Å². The lowest BCUT2D eigenvalue weighted by atomic mass is 9.57. The maximum absolute atomic E-state index is 13.7. The number of fused-ring (bicyclic) bond motifs is 3. The molecule has 1 saturated carbocycles. The van der Waals surface area contributed by atoms with E-state index >= 15 is 0 Å². The van der Waals surface area contributed by atoms with Gasteiger partial charge in [-0.25, -0.2) is 0 Å². The van der Waals surface area contributed by atoms with Gasteiger partial charge in [0.15, 0.2) is 11.4 Å². The van der Waals surface area contributed by atoms with Crippen molar-refractivity contribution in [3.05, 3.63) is 46.2 Å². The molecule has 1 amide bonds. The highest BCUT2D eigenvalue weighted by molar-refractivity contribution is 6.24. The van der Waals surface area contributed by atoms with Crippen molar-refractivity contribution >= 4 is 23.2 Å². The maximum atomic E-state index is 13.7. The van der Waals surface area contributed by atoms with Gasteiger partial charge in [-0.1, -0.05) is 12.1 Å². The Morgan fingerprint density at radius 3 is 2.60 bits per heavy atom. The number of carbonyl (C=O) groups excluding carboxylic acids is 3. The Morgan fingerprint density at radius 2 is 1.97 bits per heavy atom. The summed E-state index contributed by atoms with van der Waals surface area (Å²) in [6.07, 6.45) is -0.442. The normalized spacial score (nSPS) is 34.7. The number of amides is 1. The first kappa shape index (κ1) is 13.9. The largest absolute Gasteiger partial charge is 0.508 e.